The lowest BCUT2D eigenvalue weighted by Crippen LogP contribution is -2.23. The van der Waals surface area contributed by atoms with E-state index in [9.17, 15) is 4.79 Å². The maximum atomic E-state index is 11.8. The molecule has 0 bridgehead atoms. The molecule has 0 unspecified atom stereocenters. The number of benzene rings is 1. The van der Waals surface area contributed by atoms with Crippen molar-refractivity contribution in [3.63, 3.8) is 0 Å². The van der Waals surface area contributed by atoms with Crippen molar-refractivity contribution in [2.75, 3.05) is 0 Å². The van der Waals surface area contributed by atoms with Gasteiger partial charge in [-0.1, -0.05) is 11.6 Å². The summed E-state index contributed by atoms with van der Waals surface area (Å²) in [6.45, 7) is 11.4. The third-order valence-corrected chi connectivity index (χ3v) is 3.58. The molecule has 0 amide bonds. The van der Waals surface area contributed by atoms with E-state index in [1.807, 2.05) is 40.7 Å². The van der Waals surface area contributed by atoms with E-state index in [0.29, 0.717) is 21.9 Å². The summed E-state index contributed by atoms with van der Waals surface area (Å²) in [5, 5.41) is 1.21. The summed E-state index contributed by atoms with van der Waals surface area (Å²) in [5.41, 5.74) is 2.09. The van der Waals surface area contributed by atoms with Crippen LogP contribution in [-0.2, 0) is 0 Å². The lowest BCUT2D eigenvalue weighted by atomic mass is 10.0. The van der Waals surface area contributed by atoms with E-state index in [-0.39, 0.29) is 11.2 Å². The molecular formula is C16H19ClO3. The molecule has 0 aliphatic rings. The second-order valence-corrected chi connectivity index (χ2v) is 6.45. The van der Waals surface area contributed by atoms with Gasteiger partial charge in [-0.15, -0.1) is 0 Å². The Morgan fingerprint density at radius 1 is 1.15 bits per heavy atom. The van der Waals surface area contributed by atoms with Crippen LogP contribution in [-0.4, -0.2) is 5.60 Å². The van der Waals surface area contributed by atoms with Gasteiger partial charge in [0.1, 0.15) is 16.4 Å². The van der Waals surface area contributed by atoms with Gasteiger partial charge in [0.25, 0.3) is 0 Å². The molecule has 4 heteroatoms. The highest BCUT2D eigenvalue weighted by molar-refractivity contribution is 6.36. The summed E-state index contributed by atoms with van der Waals surface area (Å²) >= 11 is 6.39. The zero-order valence-electron chi connectivity index (χ0n) is 12.7. The van der Waals surface area contributed by atoms with Crippen LogP contribution in [0.4, 0.5) is 0 Å². The molecule has 0 saturated carbocycles. The minimum atomic E-state index is -0.373. The molecular weight excluding hydrogens is 276 g/mol. The monoisotopic (exact) mass is 294 g/mol. The molecule has 3 nitrogen and oxygen atoms in total. The molecule has 20 heavy (non-hydrogen) atoms. The van der Waals surface area contributed by atoms with Gasteiger partial charge in [0.2, 0.25) is 0 Å². The van der Waals surface area contributed by atoms with Crippen LogP contribution in [0.2, 0.25) is 5.02 Å². The largest absolute Gasteiger partial charge is 0.486 e. The van der Waals surface area contributed by atoms with Crippen LogP contribution in [0.3, 0.4) is 0 Å². The summed E-state index contributed by atoms with van der Waals surface area (Å²) in [4.78, 5) is 11.8. The van der Waals surface area contributed by atoms with E-state index in [0.717, 1.165) is 16.5 Å². The average Bonchev–Trinajstić information content (AvgIpc) is 2.33. The van der Waals surface area contributed by atoms with E-state index in [1.54, 1.807) is 6.92 Å². The summed E-state index contributed by atoms with van der Waals surface area (Å²) in [6.07, 6.45) is 0. The predicted octanol–water partition coefficient (Wildman–Crippen LogP) is 4.55. The Balaban J connectivity index is 2.83. The van der Waals surface area contributed by atoms with Gasteiger partial charge in [0.15, 0.2) is 5.58 Å². The van der Waals surface area contributed by atoms with Gasteiger partial charge in [0, 0.05) is 10.9 Å². The van der Waals surface area contributed by atoms with Crippen LogP contribution >= 0.6 is 11.6 Å². The quantitative estimate of drug-likeness (QED) is 0.724. The number of hydrogen-bond acceptors (Lipinski definition) is 3. The normalized spacial score (nSPS) is 11.9. The van der Waals surface area contributed by atoms with Crippen LogP contribution in [0.5, 0.6) is 5.75 Å². The first-order valence-corrected chi connectivity index (χ1v) is 6.91. The highest BCUT2D eigenvalue weighted by Gasteiger charge is 2.21. The van der Waals surface area contributed by atoms with Crippen LogP contribution in [0.1, 0.15) is 37.5 Å². The first kappa shape index (κ1) is 14.9. The van der Waals surface area contributed by atoms with E-state index in [4.69, 9.17) is 20.8 Å². The number of ether oxygens (including phenoxy) is 1. The molecule has 2 rings (SSSR count). The summed E-state index contributed by atoms with van der Waals surface area (Å²) in [6, 6.07) is 1.95. The zero-order valence-corrected chi connectivity index (χ0v) is 13.4. The standard InChI is InChI=1S/C16H19ClO3/c1-8-7-11-9(2)10(3)15(18)19-14(11)12(17)13(8)20-16(4,5)6/h7H,1-6H3. The number of hydrogen-bond donors (Lipinski definition) is 0. The number of aryl methyl sites for hydroxylation is 2. The molecule has 108 valence electrons. The van der Waals surface area contributed by atoms with Crippen molar-refractivity contribution < 1.29 is 9.15 Å². The average molecular weight is 295 g/mol. The van der Waals surface area contributed by atoms with Crippen molar-refractivity contribution in [2.45, 2.75) is 47.1 Å². The van der Waals surface area contributed by atoms with Crippen molar-refractivity contribution in [1.82, 2.24) is 0 Å². The summed E-state index contributed by atoms with van der Waals surface area (Å²) in [7, 11) is 0. The Morgan fingerprint density at radius 3 is 2.30 bits per heavy atom. The second-order valence-electron chi connectivity index (χ2n) is 6.07. The number of rotatable bonds is 1. The van der Waals surface area contributed by atoms with E-state index >= 15 is 0 Å². The molecule has 0 fully saturated rings. The van der Waals surface area contributed by atoms with Crippen molar-refractivity contribution in [3.8, 4) is 5.75 Å². The fourth-order valence-corrected chi connectivity index (χ4v) is 2.40. The lowest BCUT2D eigenvalue weighted by molar-refractivity contribution is 0.130. The molecule has 0 N–H and O–H groups in total. The van der Waals surface area contributed by atoms with E-state index < -0.39 is 0 Å². The topological polar surface area (TPSA) is 39.4 Å². The Morgan fingerprint density at radius 2 is 1.75 bits per heavy atom. The maximum absolute atomic E-state index is 11.8. The smallest absolute Gasteiger partial charge is 0.339 e. The summed E-state index contributed by atoms with van der Waals surface area (Å²) < 4.78 is 11.2. The molecule has 0 aliphatic carbocycles. The van der Waals surface area contributed by atoms with Crippen molar-refractivity contribution in [2.24, 2.45) is 0 Å². The predicted molar refractivity (Wildman–Crippen MR) is 82.1 cm³/mol. The molecule has 1 aromatic heterocycles. The molecule has 0 saturated heterocycles. The molecule has 0 aliphatic heterocycles. The van der Waals surface area contributed by atoms with Gasteiger partial charge < -0.3 is 9.15 Å². The Bertz CT molecular complexity index is 736. The van der Waals surface area contributed by atoms with Crippen molar-refractivity contribution in [1.29, 1.82) is 0 Å². The highest BCUT2D eigenvalue weighted by atomic mass is 35.5. The Kier molecular flexibility index (Phi) is 3.59. The van der Waals surface area contributed by atoms with Gasteiger partial charge in [-0.05, 0) is 58.7 Å². The van der Waals surface area contributed by atoms with Crippen LogP contribution in [0.25, 0.3) is 11.0 Å². The molecule has 0 radical (unpaired) electrons. The lowest BCUT2D eigenvalue weighted by Gasteiger charge is -2.24. The molecule has 0 spiro atoms. The fraction of sp³-hybridized carbons (Fsp3) is 0.438. The molecule has 1 aromatic carbocycles. The van der Waals surface area contributed by atoms with Crippen LogP contribution < -0.4 is 10.4 Å². The van der Waals surface area contributed by atoms with Crippen molar-refractivity contribution >= 4 is 22.6 Å². The first-order chi connectivity index (χ1) is 9.11. The Labute approximate surface area is 123 Å². The Hall–Kier alpha value is -1.48. The third-order valence-electron chi connectivity index (χ3n) is 3.24. The minimum Gasteiger partial charge on any atom is -0.486 e. The number of halogens is 1. The van der Waals surface area contributed by atoms with Gasteiger partial charge in [-0.2, -0.15) is 0 Å². The maximum Gasteiger partial charge on any atom is 0.339 e. The molecule has 1 heterocycles. The third kappa shape index (κ3) is 2.55. The van der Waals surface area contributed by atoms with Gasteiger partial charge in [-0.3, -0.25) is 0 Å². The minimum absolute atomic E-state index is 0.357. The number of fused-ring (bicyclic) bond motifs is 1. The van der Waals surface area contributed by atoms with Gasteiger partial charge in [-0.25, -0.2) is 4.79 Å². The SMILES string of the molecule is Cc1cc2c(C)c(C)c(=O)oc2c(Cl)c1OC(C)(C)C. The van der Waals surface area contributed by atoms with Crippen molar-refractivity contribution in [3.05, 3.63) is 38.2 Å². The van der Waals surface area contributed by atoms with E-state index in [1.165, 1.54) is 0 Å². The van der Waals surface area contributed by atoms with Gasteiger partial charge in [0.05, 0.1) is 0 Å². The van der Waals surface area contributed by atoms with Crippen LogP contribution in [0, 0.1) is 20.8 Å². The molecule has 0 atom stereocenters. The van der Waals surface area contributed by atoms with Gasteiger partial charge >= 0.3 is 5.63 Å². The highest BCUT2D eigenvalue weighted by Crippen LogP contribution is 2.38. The zero-order chi connectivity index (χ0) is 15.2. The fourth-order valence-electron chi connectivity index (χ4n) is 2.08. The second kappa shape index (κ2) is 4.81. The first-order valence-electron chi connectivity index (χ1n) is 6.54. The van der Waals surface area contributed by atoms with E-state index in [2.05, 4.69) is 0 Å². The summed E-state index contributed by atoms with van der Waals surface area (Å²) in [5.74, 6) is 0.568. The van der Waals surface area contributed by atoms with Crippen LogP contribution in [0.15, 0.2) is 15.3 Å². The molecule has 2 aromatic rings.